The fourth-order valence-electron chi connectivity index (χ4n) is 7.29. The number of nitrogens with one attached hydrogen (secondary N) is 1. The molecule has 52 heavy (non-hydrogen) atoms. The molecule has 0 aromatic rings. The van der Waals surface area contributed by atoms with Crippen LogP contribution in [0.1, 0.15) is 245 Å². The molecule has 0 aromatic heterocycles. The Bertz CT molecular complexity index is 746. The van der Waals surface area contributed by atoms with E-state index >= 15 is 0 Å². The molecule has 310 valence electrons. The lowest BCUT2D eigenvalue weighted by atomic mass is 10.00. The van der Waals surface area contributed by atoms with Gasteiger partial charge < -0.3 is 25.7 Å². The zero-order valence-corrected chi connectivity index (χ0v) is 34.8. The van der Waals surface area contributed by atoms with Gasteiger partial charge in [-0.1, -0.05) is 219 Å². The maximum Gasteiger partial charge on any atom is 0.249 e. The lowest BCUT2D eigenvalue weighted by Gasteiger charge is -2.27. The molecule has 0 bridgehead atoms. The normalized spacial score (nSPS) is 14.2. The summed E-state index contributed by atoms with van der Waals surface area (Å²) in [4.78, 5) is 12.5. The number of aliphatic hydroxyl groups is 4. The minimum absolute atomic E-state index is 0.368. The Labute approximate surface area is 323 Å². The van der Waals surface area contributed by atoms with Crippen LogP contribution in [0, 0.1) is 0 Å². The molecule has 0 heterocycles. The molecular weight excluding hydrogens is 647 g/mol. The first-order valence-corrected chi connectivity index (χ1v) is 23.1. The molecule has 0 saturated heterocycles. The molecule has 0 radical (unpaired) electrons. The highest BCUT2D eigenvalue weighted by molar-refractivity contribution is 5.80. The van der Waals surface area contributed by atoms with E-state index in [0.29, 0.717) is 12.8 Å². The van der Waals surface area contributed by atoms with Crippen molar-refractivity contribution in [2.24, 2.45) is 0 Å². The Morgan fingerprint density at radius 1 is 0.462 bits per heavy atom. The number of unbranched alkanes of at least 4 members (excludes halogenated alkanes) is 31. The van der Waals surface area contributed by atoms with Gasteiger partial charge in [0.2, 0.25) is 5.91 Å². The summed E-state index contributed by atoms with van der Waals surface area (Å²) in [6, 6.07) is -0.997. The second kappa shape index (κ2) is 41.2. The quantitative estimate of drug-likeness (QED) is 0.0316. The monoisotopic (exact) mass is 738 g/mol. The Balaban J connectivity index is 3.73. The number of rotatable bonds is 42. The van der Waals surface area contributed by atoms with E-state index in [4.69, 9.17) is 0 Å². The highest BCUT2D eigenvalue weighted by Gasteiger charge is 2.28. The molecule has 0 saturated carbocycles. The SMILES string of the molecule is CCCCCCCCCCCCCCCC/C=C/CCCC(O)C(O)C(CO)NC(=O)C(O)CCCCCCCCCCCCCCCCCCC. The third-order valence-electron chi connectivity index (χ3n) is 11.0. The molecule has 0 aliphatic heterocycles. The van der Waals surface area contributed by atoms with Gasteiger partial charge in [-0.2, -0.15) is 0 Å². The molecule has 0 fully saturated rings. The summed E-state index contributed by atoms with van der Waals surface area (Å²) in [6.07, 6.45) is 45.3. The van der Waals surface area contributed by atoms with Crippen LogP contribution < -0.4 is 5.32 Å². The van der Waals surface area contributed by atoms with Gasteiger partial charge in [0, 0.05) is 0 Å². The number of aliphatic hydroxyl groups excluding tert-OH is 4. The van der Waals surface area contributed by atoms with Gasteiger partial charge in [0.05, 0.1) is 18.8 Å². The number of carbonyl (C=O) groups excluding carboxylic acids is 1. The smallest absolute Gasteiger partial charge is 0.249 e. The maximum atomic E-state index is 12.5. The fourth-order valence-corrected chi connectivity index (χ4v) is 7.29. The summed E-state index contributed by atoms with van der Waals surface area (Å²) in [5.74, 6) is -0.590. The van der Waals surface area contributed by atoms with Crippen LogP contribution in [-0.2, 0) is 4.79 Å². The summed E-state index contributed by atoms with van der Waals surface area (Å²) in [5, 5.41) is 43.7. The van der Waals surface area contributed by atoms with E-state index < -0.39 is 36.9 Å². The van der Waals surface area contributed by atoms with Crippen molar-refractivity contribution in [3.63, 3.8) is 0 Å². The van der Waals surface area contributed by atoms with Crippen molar-refractivity contribution in [2.45, 2.75) is 269 Å². The highest BCUT2D eigenvalue weighted by atomic mass is 16.3. The molecule has 0 aromatic carbocycles. The number of carbonyl (C=O) groups is 1. The zero-order valence-electron chi connectivity index (χ0n) is 34.8. The van der Waals surface area contributed by atoms with E-state index in [0.717, 1.165) is 38.5 Å². The Kier molecular flexibility index (Phi) is 40.5. The van der Waals surface area contributed by atoms with E-state index in [1.54, 1.807) is 0 Å². The minimum atomic E-state index is -1.28. The second-order valence-electron chi connectivity index (χ2n) is 16.1. The topological polar surface area (TPSA) is 110 Å². The van der Waals surface area contributed by atoms with Crippen LogP contribution in [0.15, 0.2) is 12.2 Å². The molecule has 0 aliphatic carbocycles. The minimum Gasteiger partial charge on any atom is -0.394 e. The lowest BCUT2D eigenvalue weighted by molar-refractivity contribution is -0.132. The summed E-state index contributed by atoms with van der Waals surface area (Å²) < 4.78 is 0. The summed E-state index contributed by atoms with van der Waals surface area (Å²) in [6.45, 7) is 4.06. The average Bonchev–Trinajstić information content (AvgIpc) is 3.15. The molecule has 4 atom stereocenters. The Morgan fingerprint density at radius 3 is 1.15 bits per heavy atom. The summed E-state index contributed by atoms with van der Waals surface area (Å²) in [7, 11) is 0. The van der Waals surface area contributed by atoms with Gasteiger partial charge in [-0.05, 0) is 38.5 Å². The zero-order chi connectivity index (χ0) is 38.2. The van der Waals surface area contributed by atoms with Crippen molar-refractivity contribution < 1.29 is 25.2 Å². The molecule has 4 unspecified atom stereocenters. The van der Waals surface area contributed by atoms with E-state index in [-0.39, 0.29) is 0 Å². The third-order valence-corrected chi connectivity index (χ3v) is 11.0. The van der Waals surface area contributed by atoms with E-state index in [9.17, 15) is 25.2 Å². The second-order valence-corrected chi connectivity index (χ2v) is 16.1. The van der Waals surface area contributed by atoms with Crippen LogP contribution in [0.25, 0.3) is 0 Å². The summed E-state index contributed by atoms with van der Waals surface area (Å²) >= 11 is 0. The van der Waals surface area contributed by atoms with Gasteiger partial charge in [-0.3, -0.25) is 4.79 Å². The number of allylic oxidation sites excluding steroid dienone is 2. The molecule has 1 amide bonds. The molecule has 5 N–H and O–H groups in total. The molecule has 0 spiro atoms. The highest BCUT2D eigenvalue weighted by Crippen LogP contribution is 2.17. The van der Waals surface area contributed by atoms with Crippen molar-refractivity contribution in [1.82, 2.24) is 5.32 Å². The van der Waals surface area contributed by atoms with Crippen LogP contribution in [0.4, 0.5) is 0 Å². The maximum absolute atomic E-state index is 12.5. The molecule has 0 aliphatic rings. The van der Waals surface area contributed by atoms with Gasteiger partial charge in [-0.25, -0.2) is 0 Å². The van der Waals surface area contributed by atoms with Crippen LogP contribution in [0.3, 0.4) is 0 Å². The van der Waals surface area contributed by atoms with E-state index in [1.807, 2.05) is 0 Å². The number of hydrogen-bond donors (Lipinski definition) is 5. The van der Waals surface area contributed by atoms with Gasteiger partial charge in [0.1, 0.15) is 12.2 Å². The van der Waals surface area contributed by atoms with Crippen LogP contribution in [0.2, 0.25) is 0 Å². The number of amides is 1. The molecular formula is C46H91NO5. The number of hydrogen-bond acceptors (Lipinski definition) is 5. The van der Waals surface area contributed by atoms with Gasteiger partial charge in [0.25, 0.3) is 0 Å². The molecule has 0 rings (SSSR count). The third kappa shape index (κ3) is 34.8. The van der Waals surface area contributed by atoms with Crippen molar-refractivity contribution in [2.75, 3.05) is 6.61 Å². The largest absolute Gasteiger partial charge is 0.394 e. The molecule has 6 nitrogen and oxygen atoms in total. The van der Waals surface area contributed by atoms with E-state index in [1.165, 1.54) is 180 Å². The first-order valence-electron chi connectivity index (χ1n) is 23.1. The average molecular weight is 738 g/mol. The Hall–Kier alpha value is -0.950. The Morgan fingerprint density at radius 2 is 0.788 bits per heavy atom. The van der Waals surface area contributed by atoms with Crippen molar-refractivity contribution in [1.29, 1.82) is 0 Å². The fraction of sp³-hybridized carbons (Fsp3) is 0.935. The van der Waals surface area contributed by atoms with Crippen molar-refractivity contribution in [3.05, 3.63) is 12.2 Å². The van der Waals surface area contributed by atoms with Gasteiger partial charge >= 0.3 is 0 Å². The van der Waals surface area contributed by atoms with Crippen molar-refractivity contribution >= 4 is 5.91 Å². The first kappa shape index (κ1) is 51.0. The van der Waals surface area contributed by atoms with Gasteiger partial charge in [0.15, 0.2) is 0 Å². The predicted molar refractivity (Wildman–Crippen MR) is 224 cm³/mol. The summed E-state index contributed by atoms with van der Waals surface area (Å²) in [5.41, 5.74) is 0. The molecule has 6 heteroatoms. The first-order chi connectivity index (χ1) is 25.5. The lowest BCUT2D eigenvalue weighted by Crippen LogP contribution is -2.53. The van der Waals surface area contributed by atoms with Crippen LogP contribution in [0.5, 0.6) is 0 Å². The van der Waals surface area contributed by atoms with Crippen LogP contribution in [-0.4, -0.2) is 57.3 Å². The van der Waals surface area contributed by atoms with Crippen LogP contribution >= 0.6 is 0 Å². The predicted octanol–water partition coefficient (Wildman–Crippen LogP) is 12.2. The van der Waals surface area contributed by atoms with Gasteiger partial charge in [-0.15, -0.1) is 0 Å². The van der Waals surface area contributed by atoms with E-state index in [2.05, 4.69) is 31.3 Å². The standard InChI is InChI=1S/C46H91NO5/c1-3-5-7-9-11-13-15-17-19-21-22-24-25-27-29-31-33-35-37-39-43(49)45(51)42(41-48)47-46(52)44(50)40-38-36-34-32-30-28-26-23-20-18-16-14-12-10-8-6-4-2/h31,33,42-45,48-51H,3-30,32,34-41H2,1-2H3,(H,47,52)/b33-31+. The van der Waals surface area contributed by atoms with Crippen molar-refractivity contribution in [3.8, 4) is 0 Å².